The molecule has 0 unspecified atom stereocenters. The van der Waals surface area contributed by atoms with Crippen molar-refractivity contribution >= 4 is 28.8 Å². The van der Waals surface area contributed by atoms with Gasteiger partial charge in [-0.05, 0) is 70.2 Å². The van der Waals surface area contributed by atoms with Crippen molar-refractivity contribution in [2.24, 2.45) is 34.2 Å². The van der Waals surface area contributed by atoms with Gasteiger partial charge in [-0.2, -0.15) is 10.1 Å². The van der Waals surface area contributed by atoms with Crippen LogP contribution >= 0.6 is 0 Å². The topological polar surface area (TPSA) is 68.2 Å². The van der Waals surface area contributed by atoms with Gasteiger partial charge in [0.05, 0.1) is 25.2 Å². The zero-order valence-electron chi connectivity index (χ0n) is 20.0. The maximum absolute atomic E-state index is 13.1. The maximum atomic E-state index is 13.1. The summed E-state index contributed by atoms with van der Waals surface area (Å²) < 4.78 is 11.7. The summed E-state index contributed by atoms with van der Waals surface area (Å²) in [4.78, 5) is 26.3. The van der Waals surface area contributed by atoms with Gasteiger partial charge in [0.1, 0.15) is 6.61 Å². The molecule has 36 heavy (non-hydrogen) atoms. The molecule has 0 radical (unpaired) electrons. The molecule has 6 nitrogen and oxygen atoms in total. The fraction of sp³-hybridized carbons (Fsp3) is 0.300. The molecule has 0 aromatic heterocycles. The van der Waals surface area contributed by atoms with Crippen LogP contribution in [0.25, 0.3) is 10.8 Å². The molecule has 2 amide bonds. The number of hydrazone groups is 1. The minimum Gasteiger partial charge on any atom is -0.493 e. The lowest BCUT2D eigenvalue weighted by molar-refractivity contribution is -0.141. The Bertz CT molecular complexity index is 1430. The summed E-state index contributed by atoms with van der Waals surface area (Å²) in [6, 6.07) is 19.9. The molecular formula is C30H26N2O4. The number of methoxy groups -OCH3 is 1. The number of rotatable bonds is 6. The van der Waals surface area contributed by atoms with Crippen molar-refractivity contribution in [3.05, 3.63) is 83.9 Å². The highest BCUT2D eigenvalue weighted by Crippen LogP contribution is 2.73. The van der Waals surface area contributed by atoms with Crippen molar-refractivity contribution < 1.29 is 19.1 Å². The second-order valence-electron chi connectivity index (χ2n) is 10.3. The van der Waals surface area contributed by atoms with E-state index in [1.807, 2.05) is 30.3 Å². The van der Waals surface area contributed by atoms with Gasteiger partial charge in [-0.15, -0.1) is 0 Å². The quantitative estimate of drug-likeness (QED) is 0.285. The number of carbonyl (C=O) groups excluding carboxylic acids is 2. The van der Waals surface area contributed by atoms with Gasteiger partial charge in [-0.1, -0.05) is 54.6 Å². The van der Waals surface area contributed by atoms with Crippen LogP contribution in [0.3, 0.4) is 0 Å². The average Bonchev–Trinajstić information content (AvgIpc) is 3.51. The van der Waals surface area contributed by atoms with E-state index in [4.69, 9.17) is 9.47 Å². The van der Waals surface area contributed by atoms with Crippen molar-refractivity contribution in [1.82, 2.24) is 5.01 Å². The van der Waals surface area contributed by atoms with Crippen molar-refractivity contribution in [2.45, 2.75) is 19.4 Å². The lowest BCUT2D eigenvalue weighted by atomic mass is 9.85. The van der Waals surface area contributed by atoms with E-state index in [9.17, 15) is 9.59 Å². The molecular weight excluding hydrogens is 452 g/mol. The summed E-state index contributed by atoms with van der Waals surface area (Å²) in [5.41, 5.74) is 2.00. The van der Waals surface area contributed by atoms with Gasteiger partial charge in [-0.25, -0.2) is 0 Å². The molecule has 4 atom stereocenters. The van der Waals surface area contributed by atoms with Gasteiger partial charge >= 0.3 is 0 Å². The molecule has 4 aliphatic rings. The van der Waals surface area contributed by atoms with Gasteiger partial charge in [0.15, 0.2) is 11.5 Å². The Morgan fingerprint density at radius 1 is 0.944 bits per heavy atom. The zero-order valence-corrected chi connectivity index (χ0v) is 20.0. The van der Waals surface area contributed by atoms with Crippen LogP contribution in [0.15, 0.2) is 77.9 Å². The zero-order chi connectivity index (χ0) is 24.4. The number of nitrogens with zero attached hydrogens (tertiary/aromatic N) is 2. The van der Waals surface area contributed by atoms with E-state index in [2.05, 4.69) is 41.5 Å². The number of benzene rings is 3. The fourth-order valence-corrected chi connectivity index (χ4v) is 6.76. The van der Waals surface area contributed by atoms with Gasteiger partial charge in [-0.3, -0.25) is 9.59 Å². The van der Waals surface area contributed by atoms with Crippen molar-refractivity contribution in [1.29, 1.82) is 0 Å². The minimum absolute atomic E-state index is 0.161. The highest BCUT2D eigenvalue weighted by molar-refractivity contribution is 6.07. The van der Waals surface area contributed by atoms with E-state index >= 15 is 0 Å². The summed E-state index contributed by atoms with van der Waals surface area (Å²) in [5, 5.41) is 7.74. The van der Waals surface area contributed by atoms with Crippen molar-refractivity contribution in [3.8, 4) is 11.5 Å². The van der Waals surface area contributed by atoms with E-state index < -0.39 is 0 Å². The molecule has 7 rings (SSSR count). The first-order chi connectivity index (χ1) is 17.6. The molecule has 2 saturated carbocycles. The minimum atomic E-state index is -0.244. The smallest absolute Gasteiger partial charge is 0.254 e. The van der Waals surface area contributed by atoms with Crippen molar-refractivity contribution in [2.75, 3.05) is 7.11 Å². The Labute approximate surface area is 209 Å². The third kappa shape index (κ3) is 3.00. The highest BCUT2D eigenvalue weighted by Gasteiger charge is 2.73. The molecule has 3 fully saturated rings. The lowest BCUT2D eigenvalue weighted by Crippen LogP contribution is -2.30. The first-order valence-electron chi connectivity index (χ1n) is 12.5. The van der Waals surface area contributed by atoms with Gasteiger partial charge in [0.25, 0.3) is 11.8 Å². The third-order valence-corrected chi connectivity index (χ3v) is 8.60. The summed E-state index contributed by atoms with van der Waals surface area (Å²) in [6.45, 7) is 0.405. The van der Waals surface area contributed by atoms with Crippen LogP contribution < -0.4 is 9.47 Å². The number of carbonyl (C=O) groups is 2. The number of ether oxygens (including phenoxy) is 2. The van der Waals surface area contributed by atoms with E-state index in [1.165, 1.54) is 5.39 Å². The molecule has 3 aromatic rings. The number of hydrogen-bond donors (Lipinski definition) is 0. The first-order valence-corrected chi connectivity index (χ1v) is 12.5. The Hall–Kier alpha value is -3.93. The van der Waals surface area contributed by atoms with Gasteiger partial charge < -0.3 is 9.47 Å². The van der Waals surface area contributed by atoms with E-state index in [0.717, 1.165) is 34.4 Å². The molecule has 2 bridgehead atoms. The average molecular weight is 479 g/mol. The molecule has 3 aliphatic carbocycles. The maximum Gasteiger partial charge on any atom is 0.254 e. The summed E-state index contributed by atoms with van der Waals surface area (Å²) in [6.07, 6.45) is 8.13. The van der Waals surface area contributed by atoms with Crippen molar-refractivity contribution in [3.63, 3.8) is 0 Å². The second kappa shape index (κ2) is 7.79. The van der Waals surface area contributed by atoms with E-state index in [-0.39, 0.29) is 40.9 Å². The summed E-state index contributed by atoms with van der Waals surface area (Å²) in [5.74, 6) is 0.761. The number of fused-ring (bicyclic) bond motifs is 4. The number of imide groups is 1. The normalized spacial score (nSPS) is 27.0. The molecule has 1 aliphatic heterocycles. The first kappa shape index (κ1) is 21.4. The highest BCUT2D eigenvalue weighted by atomic mass is 16.5. The third-order valence-electron chi connectivity index (χ3n) is 8.60. The predicted octanol–water partition coefficient (Wildman–Crippen LogP) is 4.96. The van der Waals surface area contributed by atoms with Gasteiger partial charge in [0, 0.05) is 0 Å². The summed E-state index contributed by atoms with van der Waals surface area (Å²) in [7, 11) is 1.59. The van der Waals surface area contributed by atoms with Crippen LogP contribution in [0.2, 0.25) is 0 Å². The Kier molecular flexibility index (Phi) is 4.62. The van der Waals surface area contributed by atoms with Gasteiger partial charge in [0.2, 0.25) is 0 Å². The monoisotopic (exact) mass is 478 g/mol. The molecule has 180 valence electrons. The van der Waals surface area contributed by atoms with Crippen LogP contribution in [-0.4, -0.2) is 30.1 Å². The number of hydrogen-bond acceptors (Lipinski definition) is 5. The van der Waals surface area contributed by atoms with E-state index in [1.54, 1.807) is 19.4 Å². The number of amides is 2. The van der Waals surface area contributed by atoms with Crippen LogP contribution in [0.1, 0.15) is 24.0 Å². The second-order valence-corrected chi connectivity index (χ2v) is 10.3. The largest absolute Gasteiger partial charge is 0.493 e. The standard InChI is InChI=1S/C30H26N2O4/c1-35-25-15-18(9-12-24(25)36-17-20-7-4-6-19-5-2-3-8-21(19)20)16-31-32-28(33)26-22-10-11-23(27(26)29(32)34)30(22)13-14-30/h2-12,15-16,22-23,26-27H,13-14,17H2,1H3/b31-16-/t22-,23-,26-,27+/m1/s1. The lowest BCUT2D eigenvalue weighted by Gasteiger charge is -2.18. The fourth-order valence-electron chi connectivity index (χ4n) is 6.76. The van der Waals surface area contributed by atoms with Crippen LogP contribution in [-0.2, 0) is 16.2 Å². The Morgan fingerprint density at radius 2 is 1.67 bits per heavy atom. The summed E-state index contributed by atoms with van der Waals surface area (Å²) >= 11 is 0. The predicted molar refractivity (Wildman–Crippen MR) is 135 cm³/mol. The Balaban J connectivity index is 1.08. The molecule has 3 aromatic carbocycles. The molecule has 1 spiro atoms. The molecule has 1 heterocycles. The van der Waals surface area contributed by atoms with Crippen LogP contribution in [0, 0.1) is 29.1 Å². The molecule has 6 heteroatoms. The van der Waals surface area contributed by atoms with E-state index in [0.29, 0.717) is 18.1 Å². The Morgan fingerprint density at radius 3 is 2.39 bits per heavy atom. The SMILES string of the molecule is COc1cc(/C=N\N2C(=O)[C@@H]3[C@H](C2=O)[C@H]2C=C[C@H]3C23CC3)ccc1OCc1cccc2ccccc12. The molecule has 1 saturated heterocycles. The van der Waals surface area contributed by atoms with Crippen LogP contribution in [0.5, 0.6) is 11.5 Å². The van der Waals surface area contributed by atoms with Crippen LogP contribution in [0.4, 0.5) is 0 Å². The number of allylic oxidation sites excluding steroid dienone is 2. The molecule has 0 N–H and O–H groups in total.